The van der Waals surface area contributed by atoms with Crippen LogP contribution < -0.4 is 10.1 Å². The van der Waals surface area contributed by atoms with E-state index in [9.17, 15) is 0 Å². The third kappa shape index (κ3) is 3.45. The van der Waals surface area contributed by atoms with Crippen LogP contribution in [0.2, 0.25) is 0 Å². The summed E-state index contributed by atoms with van der Waals surface area (Å²) in [5.74, 6) is 1.64. The second-order valence-corrected chi connectivity index (χ2v) is 3.91. The number of hydrogen-bond donors (Lipinski definition) is 1. The van der Waals surface area contributed by atoms with Crippen LogP contribution in [0.25, 0.3) is 0 Å². The van der Waals surface area contributed by atoms with Gasteiger partial charge in [0, 0.05) is 11.9 Å². The maximum absolute atomic E-state index is 5.57. The first-order chi connectivity index (χ1) is 8.24. The van der Waals surface area contributed by atoms with E-state index in [1.807, 2.05) is 44.2 Å². The van der Waals surface area contributed by atoms with Crippen molar-refractivity contribution in [1.82, 2.24) is 9.97 Å². The number of benzene rings is 1. The Morgan fingerprint density at radius 2 is 1.88 bits per heavy atom. The van der Waals surface area contributed by atoms with Gasteiger partial charge in [-0.25, -0.2) is 9.97 Å². The van der Waals surface area contributed by atoms with Crippen molar-refractivity contribution in [2.45, 2.75) is 20.0 Å². The molecule has 1 heterocycles. The van der Waals surface area contributed by atoms with E-state index in [0.29, 0.717) is 0 Å². The van der Waals surface area contributed by atoms with Crippen LogP contribution in [-0.4, -0.2) is 16.1 Å². The molecule has 0 radical (unpaired) electrons. The van der Waals surface area contributed by atoms with E-state index in [0.717, 1.165) is 17.3 Å². The Labute approximate surface area is 101 Å². The topological polar surface area (TPSA) is 47.0 Å². The number of nitrogens with zero attached hydrogens (tertiary/aromatic N) is 2. The Morgan fingerprint density at radius 1 is 1.12 bits per heavy atom. The molecular formula is C13H15N3O. The zero-order valence-corrected chi connectivity index (χ0v) is 9.92. The van der Waals surface area contributed by atoms with Crippen LogP contribution in [0.3, 0.4) is 0 Å². The van der Waals surface area contributed by atoms with E-state index >= 15 is 0 Å². The number of aromatic nitrogens is 2. The molecular weight excluding hydrogens is 214 g/mol. The predicted octanol–water partition coefficient (Wildman–Crippen LogP) is 3.01. The van der Waals surface area contributed by atoms with Gasteiger partial charge in [0.1, 0.15) is 17.9 Å². The lowest BCUT2D eigenvalue weighted by molar-refractivity contribution is 0.242. The van der Waals surface area contributed by atoms with E-state index in [2.05, 4.69) is 15.3 Å². The van der Waals surface area contributed by atoms with Crippen LogP contribution in [0.4, 0.5) is 11.5 Å². The number of hydrogen-bond acceptors (Lipinski definition) is 4. The lowest BCUT2D eigenvalue weighted by Crippen LogP contribution is -2.05. The van der Waals surface area contributed by atoms with Crippen molar-refractivity contribution >= 4 is 11.5 Å². The molecule has 0 spiro atoms. The van der Waals surface area contributed by atoms with Gasteiger partial charge in [0.25, 0.3) is 0 Å². The molecule has 0 atom stereocenters. The van der Waals surface area contributed by atoms with Crippen molar-refractivity contribution in [2.75, 3.05) is 5.32 Å². The highest BCUT2D eigenvalue weighted by Gasteiger charge is 1.98. The summed E-state index contributed by atoms with van der Waals surface area (Å²) in [6, 6.07) is 9.60. The monoisotopic (exact) mass is 229 g/mol. The van der Waals surface area contributed by atoms with Crippen LogP contribution in [0.5, 0.6) is 5.75 Å². The van der Waals surface area contributed by atoms with E-state index in [4.69, 9.17) is 4.74 Å². The summed E-state index contributed by atoms with van der Waals surface area (Å²) in [4.78, 5) is 7.95. The van der Waals surface area contributed by atoms with Crippen LogP contribution >= 0.6 is 0 Å². The molecule has 4 nitrogen and oxygen atoms in total. The molecule has 4 heteroatoms. The standard InChI is InChI=1S/C13H15N3O/c1-10(2)17-12-5-3-11(4-6-12)16-13-7-8-14-9-15-13/h3-10H,1-2H3,(H,14,15,16). The number of rotatable bonds is 4. The molecule has 1 aromatic carbocycles. The highest BCUT2D eigenvalue weighted by atomic mass is 16.5. The van der Waals surface area contributed by atoms with E-state index < -0.39 is 0 Å². The summed E-state index contributed by atoms with van der Waals surface area (Å²) in [6.45, 7) is 4.01. The van der Waals surface area contributed by atoms with Gasteiger partial charge in [0.05, 0.1) is 6.10 Å². The highest BCUT2D eigenvalue weighted by molar-refractivity contribution is 5.56. The SMILES string of the molecule is CC(C)Oc1ccc(Nc2ccncn2)cc1. The first-order valence-corrected chi connectivity index (χ1v) is 5.54. The molecule has 0 fully saturated rings. The largest absolute Gasteiger partial charge is 0.491 e. The minimum Gasteiger partial charge on any atom is -0.491 e. The molecule has 0 saturated carbocycles. The van der Waals surface area contributed by atoms with Crippen LogP contribution in [0.15, 0.2) is 42.9 Å². The van der Waals surface area contributed by atoms with Gasteiger partial charge < -0.3 is 10.1 Å². The van der Waals surface area contributed by atoms with Crippen molar-refractivity contribution in [3.05, 3.63) is 42.9 Å². The van der Waals surface area contributed by atoms with Crippen molar-refractivity contribution in [2.24, 2.45) is 0 Å². The Kier molecular flexibility index (Phi) is 3.55. The second kappa shape index (κ2) is 5.30. The summed E-state index contributed by atoms with van der Waals surface area (Å²) in [5.41, 5.74) is 0.972. The average molecular weight is 229 g/mol. The van der Waals surface area contributed by atoms with Gasteiger partial charge in [-0.05, 0) is 44.2 Å². The third-order valence-corrected chi connectivity index (χ3v) is 2.08. The Morgan fingerprint density at radius 3 is 2.47 bits per heavy atom. The molecule has 0 amide bonds. The minimum absolute atomic E-state index is 0.190. The van der Waals surface area contributed by atoms with Crippen molar-refractivity contribution in [1.29, 1.82) is 0 Å². The summed E-state index contributed by atoms with van der Waals surface area (Å²) in [5, 5.41) is 3.18. The van der Waals surface area contributed by atoms with Gasteiger partial charge in [0.2, 0.25) is 0 Å². The van der Waals surface area contributed by atoms with E-state index in [-0.39, 0.29) is 6.10 Å². The molecule has 88 valence electrons. The van der Waals surface area contributed by atoms with Crippen molar-refractivity contribution in [3.8, 4) is 5.75 Å². The van der Waals surface area contributed by atoms with Crippen LogP contribution in [0.1, 0.15) is 13.8 Å². The predicted molar refractivity (Wildman–Crippen MR) is 67.5 cm³/mol. The fourth-order valence-electron chi connectivity index (χ4n) is 1.40. The quantitative estimate of drug-likeness (QED) is 0.875. The molecule has 0 saturated heterocycles. The molecule has 0 bridgehead atoms. The second-order valence-electron chi connectivity index (χ2n) is 3.91. The van der Waals surface area contributed by atoms with Gasteiger partial charge in [-0.2, -0.15) is 0 Å². The van der Waals surface area contributed by atoms with Crippen LogP contribution in [-0.2, 0) is 0 Å². The lowest BCUT2D eigenvalue weighted by Gasteiger charge is -2.10. The molecule has 1 N–H and O–H groups in total. The average Bonchev–Trinajstić information content (AvgIpc) is 2.32. The van der Waals surface area contributed by atoms with Crippen molar-refractivity contribution < 1.29 is 4.74 Å². The number of nitrogens with one attached hydrogen (secondary N) is 1. The Bertz CT molecular complexity index is 454. The highest BCUT2D eigenvalue weighted by Crippen LogP contribution is 2.19. The normalized spacial score (nSPS) is 10.3. The van der Waals surface area contributed by atoms with Gasteiger partial charge in [-0.3, -0.25) is 0 Å². The molecule has 1 aromatic heterocycles. The van der Waals surface area contributed by atoms with Gasteiger partial charge in [-0.1, -0.05) is 0 Å². The van der Waals surface area contributed by atoms with Gasteiger partial charge >= 0.3 is 0 Å². The molecule has 2 rings (SSSR count). The maximum atomic E-state index is 5.57. The smallest absolute Gasteiger partial charge is 0.133 e. The number of anilines is 2. The summed E-state index contributed by atoms with van der Waals surface area (Å²) in [6.07, 6.45) is 3.40. The fourth-order valence-corrected chi connectivity index (χ4v) is 1.40. The zero-order valence-electron chi connectivity index (χ0n) is 9.92. The summed E-state index contributed by atoms with van der Waals surface area (Å²) >= 11 is 0. The first-order valence-electron chi connectivity index (χ1n) is 5.54. The molecule has 0 aliphatic carbocycles. The first kappa shape index (κ1) is 11.4. The van der Waals surface area contributed by atoms with E-state index in [1.54, 1.807) is 6.20 Å². The molecule has 0 aliphatic heterocycles. The molecule has 2 aromatic rings. The van der Waals surface area contributed by atoms with Gasteiger partial charge in [-0.15, -0.1) is 0 Å². The maximum Gasteiger partial charge on any atom is 0.133 e. The molecule has 0 unspecified atom stereocenters. The van der Waals surface area contributed by atoms with Crippen molar-refractivity contribution in [3.63, 3.8) is 0 Å². The Balaban J connectivity index is 2.03. The van der Waals surface area contributed by atoms with E-state index in [1.165, 1.54) is 6.33 Å². The Hall–Kier alpha value is -2.10. The lowest BCUT2D eigenvalue weighted by atomic mass is 10.3. The zero-order chi connectivity index (χ0) is 12.1. The minimum atomic E-state index is 0.190. The fraction of sp³-hybridized carbons (Fsp3) is 0.231. The summed E-state index contributed by atoms with van der Waals surface area (Å²) < 4.78 is 5.57. The third-order valence-electron chi connectivity index (χ3n) is 2.08. The van der Waals surface area contributed by atoms with Gasteiger partial charge in [0.15, 0.2) is 0 Å². The summed E-state index contributed by atoms with van der Waals surface area (Å²) in [7, 11) is 0. The molecule has 17 heavy (non-hydrogen) atoms. The molecule has 0 aliphatic rings. The number of ether oxygens (including phenoxy) is 1. The van der Waals surface area contributed by atoms with Crippen LogP contribution in [0, 0.1) is 0 Å².